The summed E-state index contributed by atoms with van der Waals surface area (Å²) in [5, 5.41) is 13.3. The first-order valence-electron chi connectivity index (χ1n) is 6.41. The van der Waals surface area contributed by atoms with E-state index in [-0.39, 0.29) is 6.61 Å². The van der Waals surface area contributed by atoms with E-state index in [0.29, 0.717) is 11.2 Å². The number of aliphatic hydroxyl groups is 1. The van der Waals surface area contributed by atoms with Crippen LogP contribution >= 0.6 is 11.8 Å². The first-order valence-corrected chi connectivity index (χ1v) is 7.29. The molecule has 0 bridgehead atoms. The molecule has 1 unspecified atom stereocenters. The van der Waals surface area contributed by atoms with E-state index in [4.69, 9.17) is 5.11 Å². The molecule has 1 aromatic rings. The Kier molecular flexibility index (Phi) is 7.23. The number of aliphatic hydroxyl groups excluding tert-OH is 1. The molecule has 0 aliphatic heterocycles. The van der Waals surface area contributed by atoms with Gasteiger partial charge in [0.15, 0.2) is 5.16 Å². The SMILES string of the molecule is CC(C)CNCc1cnc(SC(C)CCO)nc1. The van der Waals surface area contributed by atoms with Gasteiger partial charge in [-0.3, -0.25) is 0 Å². The molecular weight excluding hydrogens is 246 g/mol. The molecule has 18 heavy (non-hydrogen) atoms. The molecule has 2 N–H and O–H groups in total. The first kappa shape index (κ1) is 15.4. The monoisotopic (exact) mass is 269 g/mol. The van der Waals surface area contributed by atoms with Gasteiger partial charge < -0.3 is 10.4 Å². The predicted molar refractivity (Wildman–Crippen MR) is 75.6 cm³/mol. The van der Waals surface area contributed by atoms with Crippen LogP contribution in [0.1, 0.15) is 32.8 Å². The molecule has 1 rings (SSSR count). The standard InChI is InChI=1S/C13H23N3OS/c1-10(2)6-14-7-12-8-15-13(16-9-12)18-11(3)4-5-17/h8-11,14,17H,4-7H2,1-3H3. The lowest BCUT2D eigenvalue weighted by Gasteiger charge is -2.09. The number of hydrogen-bond acceptors (Lipinski definition) is 5. The first-order chi connectivity index (χ1) is 8.61. The smallest absolute Gasteiger partial charge is 0.187 e. The van der Waals surface area contributed by atoms with Gasteiger partial charge in [-0.2, -0.15) is 0 Å². The van der Waals surface area contributed by atoms with Crippen molar-refractivity contribution < 1.29 is 5.11 Å². The summed E-state index contributed by atoms with van der Waals surface area (Å²) >= 11 is 1.60. The van der Waals surface area contributed by atoms with Crippen LogP contribution < -0.4 is 5.32 Å². The molecule has 0 fully saturated rings. The Balaban J connectivity index is 2.37. The van der Waals surface area contributed by atoms with Crippen molar-refractivity contribution in [3.8, 4) is 0 Å². The molecule has 5 heteroatoms. The summed E-state index contributed by atoms with van der Waals surface area (Å²) in [7, 11) is 0. The lowest BCUT2D eigenvalue weighted by molar-refractivity contribution is 0.289. The van der Waals surface area contributed by atoms with Crippen LogP contribution in [0.25, 0.3) is 0 Å². The minimum atomic E-state index is 0.214. The Bertz CT molecular complexity index is 330. The average molecular weight is 269 g/mol. The van der Waals surface area contributed by atoms with Gasteiger partial charge in [0.25, 0.3) is 0 Å². The van der Waals surface area contributed by atoms with Crippen LogP contribution in [0.2, 0.25) is 0 Å². The Labute approximate surface area is 114 Å². The highest BCUT2D eigenvalue weighted by Gasteiger charge is 2.06. The van der Waals surface area contributed by atoms with E-state index in [1.807, 2.05) is 12.4 Å². The summed E-state index contributed by atoms with van der Waals surface area (Å²) in [6.45, 7) is 8.48. The molecule has 0 saturated carbocycles. The highest BCUT2D eigenvalue weighted by atomic mass is 32.2. The fraction of sp³-hybridized carbons (Fsp3) is 0.692. The number of hydrogen-bond donors (Lipinski definition) is 2. The van der Waals surface area contributed by atoms with Gasteiger partial charge >= 0.3 is 0 Å². The predicted octanol–water partition coefficient (Wildman–Crippen LogP) is 2.09. The van der Waals surface area contributed by atoms with E-state index in [1.54, 1.807) is 11.8 Å². The van der Waals surface area contributed by atoms with E-state index < -0.39 is 0 Å². The lowest BCUT2D eigenvalue weighted by Crippen LogP contribution is -2.19. The van der Waals surface area contributed by atoms with Gasteiger partial charge in [0.05, 0.1) is 0 Å². The average Bonchev–Trinajstić information content (AvgIpc) is 2.31. The molecule has 1 heterocycles. The Hall–Kier alpha value is -0.650. The third kappa shape index (κ3) is 6.33. The zero-order valence-corrected chi connectivity index (χ0v) is 12.2. The van der Waals surface area contributed by atoms with Crippen molar-refractivity contribution in [3.63, 3.8) is 0 Å². The second-order valence-corrected chi connectivity index (χ2v) is 6.24. The van der Waals surface area contributed by atoms with Crippen LogP contribution in [-0.2, 0) is 6.54 Å². The molecule has 0 aliphatic carbocycles. The summed E-state index contributed by atoms with van der Waals surface area (Å²) in [6, 6.07) is 0. The van der Waals surface area contributed by atoms with Gasteiger partial charge in [0, 0.05) is 36.4 Å². The van der Waals surface area contributed by atoms with Crippen molar-refractivity contribution in [2.45, 2.75) is 44.1 Å². The highest BCUT2D eigenvalue weighted by molar-refractivity contribution is 7.99. The minimum Gasteiger partial charge on any atom is -0.396 e. The van der Waals surface area contributed by atoms with Crippen LogP contribution in [0.5, 0.6) is 0 Å². The van der Waals surface area contributed by atoms with Crippen LogP contribution in [0.3, 0.4) is 0 Å². The second-order valence-electron chi connectivity index (χ2n) is 4.84. The molecule has 4 nitrogen and oxygen atoms in total. The molecule has 0 radical (unpaired) electrons. The van der Waals surface area contributed by atoms with Gasteiger partial charge in [-0.1, -0.05) is 32.5 Å². The Morgan fingerprint density at radius 1 is 1.28 bits per heavy atom. The molecule has 102 valence electrons. The topological polar surface area (TPSA) is 58.0 Å². The van der Waals surface area contributed by atoms with Gasteiger partial charge in [-0.25, -0.2) is 9.97 Å². The van der Waals surface area contributed by atoms with Gasteiger partial charge in [-0.15, -0.1) is 0 Å². The van der Waals surface area contributed by atoms with Gasteiger partial charge in [0.2, 0.25) is 0 Å². The van der Waals surface area contributed by atoms with Crippen molar-refractivity contribution in [2.75, 3.05) is 13.2 Å². The Morgan fingerprint density at radius 3 is 2.50 bits per heavy atom. The minimum absolute atomic E-state index is 0.214. The molecule has 0 aromatic carbocycles. The fourth-order valence-corrected chi connectivity index (χ4v) is 2.23. The molecular formula is C13H23N3OS. The van der Waals surface area contributed by atoms with Crippen LogP contribution in [0, 0.1) is 5.92 Å². The van der Waals surface area contributed by atoms with Gasteiger partial charge in [-0.05, 0) is 18.9 Å². The number of thioether (sulfide) groups is 1. The normalized spacial score (nSPS) is 12.9. The number of aromatic nitrogens is 2. The van der Waals surface area contributed by atoms with E-state index in [9.17, 15) is 0 Å². The summed E-state index contributed by atoms with van der Waals surface area (Å²) in [4.78, 5) is 8.66. The molecule has 1 atom stereocenters. The number of nitrogens with one attached hydrogen (secondary N) is 1. The van der Waals surface area contributed by atoms with Crippen molar-refractivity contribution in [1.82, 2.24) is 15.3 Å². The van der Waals surface area contributed by atoms with E-state index in [0.717, 1.165) is 30.2 Å². The quantitative estimate of drug-likeness (QED) is 0.559. The third-order valence-corrected chi connectivity index (χ3v) is 3.47. The zero-order valence-electron chi connectivity index (χ0n) is 11.4. The second kappa shape index (κ2) is 8.45. The lowest BCUT2D eigenvalue weighted by atomic mass is 10.2. The van der Waals surface area contributed by atoms with E-state index >= 15 is 0 Å². The maximum absolute atomic E-state index is 8.84. The Morgan fingerprint density at radius 2 is 1.94 bits per heavy atom. The summed E-state index contributed by atoms with van der Waals surface area (Å²) in [5.74, 6) is 0.653. The van der Waals surface area contributed by atoms with E-state index in [1.165, 1.54) is 0 Å². The molecule has 0 spiro atoms. The van der Waals surface area contributed by atoms with Crippen LogP contribution in [0.4, 0.5) is 0 Å². The fourth-order valence-electron chi connectivity index (χ4n) is 1.42. The largest absolute Gasteiger partial charge is 0.396 e. The van der Waals surface area contributed by atoms with Crippen molar-refractivity contribution >= 4 is 11.8 Å². The van der Waals surface area contributed by atoms with Crippen molar-refractivity contribution in [1.29, 1.82) is 0 Å². The number of nitrogens with zero attached hydrogens (tertiary/aromatic N) is 2. The van der Waals surface area contributed by atoms with E-state index in [2.05, 4.69) is 36.1 Å². The summed E-state index contributed by atoms with van der Waals surface area (Å²) in [5.41, 5.74) is 1.11. The van der Waals surface area contributed by atoms with Crippen molar-refractivity contribution in [2.24, 2.45) is 5.92 Å². The van der Waals surface area contributed by atoms with Gasteiger partial charge in [0.1, 0.15) is 0 Å². The summed E-state index contributed by atoms with van der Waals surface area (Å²) in [6.07, 6.45) is 4.51. The maximum atomic E-state index is 8.84. The summed E-state index contributed by atoms with van der Waals surface area (Å²) < 4.78 is 0. The number of rotatable bonds is 8. The van der Waals surface area contributed by atoms with Crippen LogP contribution in [-0.4, -0.2) is 33.5 Å². The molecule has 0 aliphatic rings. The third-order valence-electron chi connectivity index (χ3n) is 2.41. The molecule has 0 amide bonds. The highest BCUT2D eigenvalue weighted by Crippen LogP contribution is 2.20. The van der Waals surface area contributed by atoms with Crippen LogP contribution in [0.15, 0.2) is 17.6 Å². The maximum Gasteiger partial charge on any atom is 0.187 e. The zero-order chi connectivity index (χ0) is 13.4. The molecule has 1 aromatic heterocycles. The van der Waals surface area contributed by atoms with Crippen molar-refractivity contribution in [3.05, 3.63) is 18.0 Å². The molecule has 0 saturated heterocycles.